The van der Waals surface area contributed by atoms with Crippen LogP contribution < -0.4 is 0 Å². The summed E-state index contributed by atoms with van der Waals surface area (Å²) in [5, 5.41) is 0. The molecule has 434 valence electrons. The highest BCUT2D eigenvalue weighted by Crippen LogP contribution is 2.64. The molecule has 2 heterocycles. The second kappa shape index (κ2) is 18.9. The fourth-order valence-corrected chi connectivity index (χ4v) is 18.7. The number of hydrogen-bond acceptors (Lipinski definition) is 2. The van der Waals surface area contributed by atoms with Crippen LogP contribution >= 0.6 is 0 Å². The summed E-state index contributed by atoms with van der Waals surface area (Å²) in [4.78, 5) is 0. The van der Waals surface area contributed by atoms with Gasteiger partial charge in [0.2, 0.25) is 0 Å². The molecular weight excluding hydrogens is 1090 g/mol. The van der Waals surface area contributed by atoms with Gasteiger partial charge in [0.05, 0.1) is 23.7 Å². The standard InChI is InChI=1S/C88H70O2/c1-43-27-47(5)75(48(6)28-43)61-25-17-21-57-37-67-69(77-51(9)31-45(3)32-52(77)10)41-73-71-39-63(65-35-55-19-13-15-23-59(55)81(65)85(71)89-87(73)83(67)79(57)61)64-40-72-74-42-70(78-53(11)33-46(4)34-54(78)12)68-38-58-22-18-26-62(76-49(7)29-44(2)30-50(76)8)80(58)84(68)88(74)90-86(72)82-60-24-16-14-20-56(60)36-66(64)82/h13-42,81-84H,1-12H3. The smallest absolute Gasteiger partial charge is 0.124 e. The average Bonchev–Trinajstić information content (AvgIpc) is 1.54. The Morgan fingerprint density at radius 3 is 0.889 bits per heavy atom. The Kier molecular flexibility index (Phi) is 11.2. The second-order valence-electron chi connectivity index (χ2n) is 27.6. The molecule has 90 heavy (non-hydrogen) atoms. The summed E-state index contributed by atoms with van der Waals surface area (Å²) >= 11 is 0. The first-order valence-electron chi connectivity index (χ1n) is 32.4. The van der Waals surface area contributed by atoms with E-state index in [1.807, 2.05) is 0 Å². The van der Waals surface area contributed by atoms with E-state index in [4.69, 9.17) is 8.83 Å². The van der Waals surface area contributed by atoms with E-state index >= 15 is 0 Å². The highest BCUT2D eigenvalue weighted by atomic mass is 16.3. The van der Waals surface area contributed by atoms with Gasteiger partial charge in [-0.2, -0.15) is 0 Å². The third-order valence-electron chi connectivity index (χ3n) is 21.6. The molecule has 4 atom stereocenters. The van der Waals surface area contributed by atoms with Crippen molar-refractivity contribution in [3.63, 3.8) is 0 Å². The number of allylic oxidation sites excluding steroid dienone is 8. The van der Waals surface area contributed by atoms with Crippen molar-refractivity contribution in [3.05, 3.63) is 335 Å². The number of rotatable bonds is 5. The third kappa shape index (κ3) is 7.34. The highest BCUT2D eigenvalue weighted by Gasteiger charge is 2.49. The van der Waals surface area contributed by atoms with Crippen molar-refractivity contribution in [1.82, 2.24) is 0 Å². The molecule has 18 rings (SSSR count). The molecule has 0 fully saturated rings. The molecule has 0 radical (unpaired) electrons. The van der Waals surface area contributed by atoms with Gasteiger partial charge >= 0.3 is 0 Å². The maximum atomic E-state index is 7.87. The van der Waals surface area contributed by atoms with Gasteiger partial charge in [0, 0.05) is 22.3 Å². The maximum Gasteiger partial charge on any atom is 0.124 e. The molecule has 8 aromatic carbocycles. The molecule has 4 unspecified atom stereocenters. The minimum Gasteiger partial charge on any atom is -0.463 e. The van der Waals surface area contributed by atoms with Gasteiger partial charge < -0.3 is 8.83 Å². The van der Waals surface area contributed by atoms with Gasteiger partial charge in [0.1, 0.15) is 23.0 Å². The maximum absolute atomic E-state index is 7.87. The normalized spacial score (nSPS) is 18.8. The van der Waals surface area contributed by atoms with Crippen LogP contribution in [0.5, 0.6) is 0 Å². The number of hydrogen-bond donors (Lipinski definition) is 0. The largest absolute Gasteiger partial charge is 0.463 e. The van der Waals surface area contributed by atoms with E-state index in [1.165, 1.54) is 211 Å². The van der Waals surface area contributed by atoms with Crippen LogP contribution in [0.4, 0.5) is 0 Å². The molecule has 0 bridgehead atoms. The summed E-state index contributed by atoms with van der Waals surface area (Å²) in [6.07, 6.45) is 20.1. The van der Waals surface area contributed by atoms with E-state index in [1.54, 1.807) is 0 Å². The van der Waals surface area contributed by atoms with Crippen molar-refractivity contribution < 1.29 is 8.83 Å². The molecule has 2 aromatic heterocycles. The molecular formula is C88H70O2. The number of aryl methyl sites for hydroxylation is 12. The quantitative estimate of drug-likeness (QED) is 0.172. The molecule has 8 aliphatic carbocycles. The molecule has 0 N–H and O–H groups in total. The van der Waals surface area contributed by atoms with Gasteiger partial charge in [-0.1, -0.05) is 156 Å². The summed E-state index contributed by atoms with van der Waals surface area (Å²) in [5.41, 5.74) is 48.6. The molecule has 0 spiro atoms. The van der Waals surface area contributed by atoms with E-state index in [2.05, 4.69) is 265 Å². The predicted molar refractivity (Wildman–Crippen MR) is 375 cm³/mol. The van der Waals surface area contributed by atoms with Crippen molar-refractivity contribution >= 4 is 59.8 Å². The lowest BCUT2D eigenvalue weighted by molar-refractivity contribution is 0.453. The minimum absolute atomic E-state index is 0.121. The first-order chi connectivity index (χ1) is 43.6. The summed E-state index contributed by atoms with van der Waals surface area (Å²) < 4.78 is 15.7. The van der Waals surface area contributed by atoms with Crippen LogP contribution in [-0.4, -0.2) is 0 Å². The van der Waals surface area contributed by atoms with Gasteiger partial charge in [0.15, 0.2) is 0 Å². The van der Waals surface area contributed by atoms with Crippen LogP contribution in [0.3, 0.4) is 0 Å². The van der Waals surface area contributed by atoms with Gasteiger partial charge in [0.25, 0.3) is 0 Å². The summed E-state index contributed by atoms with van der Waals surface area (Å²) in [7, 11) is 0. The van der Waals surface area contributed by atoms with Gasteiger partial charge in [-0.25, -0.2) is 0 Å². The molecule has 10 aromatic rings. The van der Waals surface area contributed by atoms with Crippen LogP contribution in [0, 0.1) is 83.1 Å². The van der Waals surface area contributed by atoms with Crippen molar-refractivity contribution in [3.8, 4) is 22.3 Å². The lowest BCUT2D eigenvalue weighted by atomic mass is 9.71. The van der Waals surface area contributed by atoms with Crippen LogP contribution in [0.1, 0.15) is 191 Å². The van der Waals surface area contributed by atoms with Crippen LogP contribution in [0.2, 0.25) is 0 Å². The number of fused-ring (bicyclic) bond motifs is 22. The van der Waals surface area contributed by atoms with Gasteiger partial charge in [-0.3, -0.25) is 0 Å². The Balaban J connectivity index is 0.909. The number of benzene rings is 8. The molecule has 2 nitrogen and oxygen atoms in total. The Morgan fingerprint density at radius 1 is 0.256 bits per heavy atom. The SMILES string of the molecule is Cc1cc(C)c(C2=Cc3c(oc4c3C=C(C3=Cc5c(oc6c5C=C(c5c(C)cc(C)cc5C)C5=Cc7cccc(-c8c(C)cc(C)cc8C)c7C56)C5C3=Cc3ccccc35)C3=Cc5ccccc5C34)C3C2=Cc2cccc(-c4c(C)cc(C)cc4C)c23)c(C)c1. The Bertz CT molecular complexity index is 4890. The third-order valence-corrected chi connectivity index (χ3v) is 21.6. The van der Waals surface area contributed by atoms with E-state index in [0.29, 0.717) is 0 Å². The molecule has 0 saturated carbocycles. The first-order valence-corrected chi connectivity index (χ1v) is 32.4. The molecule has 0 saturated heterocycles. The van der Waals surface area contributed by atoms with Crippen molar-refractivity contribution in [2.45, 2.75) is 107 Å². The zero-order valence-corrected chi connectivity index (χ0v) is 53.4. The second-order valence-corrected chi connectivity index (χ2v) is 27.6. The zero-order chi connectivity index (χ0) is 61.2. The Hall–Kier alpha value is -9.76. The van der Waals surface area contributed by atoms with Gasteiger partial charge in [-0.05, 0) is 299 Å². The molecule has 2 heteroatoms. The monoisotopic (exact) mass is 1160 g/mol. The summed E-state index contributed by atoms with van der Waals surface area (Å²) in [6.45, 7) is 27.3. The van der Waals surface area contributed by atoms with Crippen LogP contribution in [0.25, 0.3) is 82.0 Å². The van der Waals surface area contributed by atoms with E-state index in [-0.39, 0.29) is 23.7 Å². The molecule has 8 aliphatic rings. The van der Waals surface area contributed by atoms with E-state index in [0.717, 1.165) is 23.0 Å². The molecule has 0 aliphatic heterocycles. The predicted octanol–water partition coefficient (Wildman–Crippen LogP) is 22.6. The summed E-state index contributed by atoms with van der Waals surface area (Å²) in [6, 6.07) is 51.0. The Morgan fingerprint density at radius 2 is 0.533 bits per heavy atom. The van der Waals surface area contributed by atoms with Crippen LogP contribution in [-0.2, 0) is 0 Å². The molecule has 0 amide bonds. The van der Waals surface area contributed by atoms with Crippen LogP contribution in [0.15, 0.2) is 176 Å². The van der Waals surface area contributed by atoms with E-state index in [9.17, 15) is 0 Å². The lowest BCUT2D eigenvalue weighted by Crippen LogP contribution is -2.15. The fourth-order valence-electron chi connectivity index (χ4n) is 18.7. The van der Waals surface area contributed by atoms with Crippen molar-refractivity contribution in [2.24, 2.45) is 0 Å². The van der Waals surface area contributed by atoms with E-state index < -0.39 is 0 Å². The topological polar surface area (TPSA) is 26.3 Å². The Labute approximate surface area is 529 Å². The first kappa shape index (κ1) is 53.3. The minimum atomic E-state index is -0.121. The van der Waals surface area contributed by atoms with Crippen molar-refractivity contribution in [2.75, 3.05) is 0 Å². The summed E-state index contributed by atoms with van der Waals surface area (Å²) in [5.74, 6) is 3.66. The fraction of sp³-hybridized carbons (Fsp3) is 0.182. The average molecular weight is 1160 g/mol. The van der Waals surface area contributed by atoms with Gasteiger partial charge in [-0.15, -0.1) is 0 Å². The number of furan rings is 2. The zero-order valence-electron chi connectivity index (χ0n) is 53.4. The highest BCUT2D eigenvalue weighted by molar-refractivity contribution is 6.08. The van der Waals surface area contributed by atoms with Crippen molar-refractivity contribution in [1.29, 1.82) is 0 Å². The lowest BCUT2D eigenvalue weighted by Gasteiger charge is -2.30.